The monoisotopic (exact) mass is 236 g/mol. The summed E-state index contributed by atoms with van der Waals surface area (Å²) in [5.41, 5.74) is 4.69. The first kappa shape index (κ1) is 11.5. The van der Waals surface area contributed by atoms with E-state index < -0.39 is 0 Å². The predicted molar refractivity (Wildman–Crippen MR) is 77.0 cm³/mol. The highest BCUT2D eigenvalue weighted by Gasteiger charge is 2.35. The van der Waals surface area contributed by atoms with Crippen LogP contribution < -0.4 is 0 Å². The Balaban J connectivity index is 2.17. The fraction of sp³-hybridized carbons (Fsp3) is 0.333. The normalized spacial score (nSPS) is 26.7. The topological polar surface area (TPSA) is 0 Å². The molecule has 0 N–H and O–H groups in total. The zero-order chi connectivity index (χ0) is 12.6. The van der Waals surface area contributed by atoms with E-state index in [1.54, 1.807) is 0 Å². The van der Waals surface area contributed by atoms with Crippen LogP contribution in [0.4, 0.5) is 0 Å². The number of hydrogen-bond donors (Lipinski definition) is 0. The predicted octanol–water partition coefficient (Wildman–Crippen LogP) is 4.89. The van der Waals surface area contributed by atoms with Crippen molar-refractivity contribution in [3.05, 3.63) is 71.3 Å². The minimum Gasteiger partial charge on any atom is -0.0622 e. The standard InChI is InChI=1S/C18H20/c1-14-12-13-18(2,15-8-4-3-5-9-15)17-11-7-6-10-16(14)17/h3-11,14H,12-13H2,1-2H3. The molecule has 3 rings (SSSR count). The van der Waals surface area contributed by atoms with Gasteiger partial charge in [0.2, 0.25) is 0 Å². The van der Waals surface area contributed by atoms with Crippen LogP contribution in [0.5, 0.6) is 0 Å². The lowest BCUT2D eigenvalue weighted by molar-refractivity contribution is 0.430. The molecule has 0 heterocycles. The summed E-state index contributed by atoms with van der Waals surface area (Å²) in [4.78, 5) is 0. The van der Waals surface area contributed by atoms with Crippen molar-refractivity contribution in [2.24, 2.45) is 0 Å². The molecule has 2 aromatic rings. The Morgan fingerprint density at radius 2 is 1.61 bits per heavy atom. The first-order valence-electron chi connectivity index (χ1n) is 6.87. The largest absolute Gasteiger partial charge is 0.0622 e. The molecule has 2 aromatic carbocycles. The molecule has 0 spiro atoms. The van der Waals surface area contributed by atoms with E-state index in [1.807, 2.05) is 0 Å². The van der Waals surface area contributed by atoms with Gasteiger partial charge < -0.3 is 0 Å². The quantitative estimate of drug-likeness (QED) is 0.661. The van der Waals surface area contributed by atoms with Crippen LogP contribution in [0.2, 0.25) is 0 Å². The molecule has 0 aromatic heterocycles. The van der Waals surface area contributed by atoms with Gasteiger partial charge in [-0.3, -0.25) is 0 Å². The molecule has 0 fully saturated rings. The Morgan fingerprint density at radius 1 is 0.944 bits per heavy atom. The molecule has 0 nitrogen and oxygen atoms in total. The first-order chi connectivity index (χ1) is 8.72. The summed E-state index contributed by atoms with van der Waals surface area (Å²) < 4.78 is 0. The molecule has 92 valence electrons. The fourth-order valence-corrected chi connectivity index (χ4v) is 3.33. The van der Waals surface area contributed by atoms with Gasteiger partial charge in [0, 0.05) is 5.41 Å². The average Bonchev–Trinajstić information content (AvgIpc) is 2.44. The molecule has 1 aliphatic rings. The summed E-state index contributed by atoms with van der Waals surface area (Å²) in [5, 5.41) is 0. The molecule has 0 saturated carbocycles. The van der Waals surface area contributed by atoms with Crippen molar-refractivity contribution in [1.82, 2.24) is 0 Å². The number of benzene rings is 2. The highest BCUT2D eigenvalue weighted by molar-refractivity contribution is 5.46. The van der Waals surface area contributed by atoms with E-state index >= 15 is 0 Å². The van der Waals surface area contributed by atoms with Gasteiger partial charge in [-0.2, -0.15) is 0 Å². The summed E-state index contributed by atoms with van der Waals surface area (Å²) in [6.45, 7) is 4.75. The van der Waals surface area contributed by atoms with Crippen LogP contribution in [0, 0.1) is 0 Å². The maximum absolute atomic E-state index is 2.40. The summed E-state index contributed by atoms with van der Waals surface area (Å²) in [5.74, 6) is 0.693. The number of fused-ring (bicyclic) bond motifs is 1. The summed E-state index contributed by atoms with van der Waals surface area (Å²) in [7, 11) is 0. The third-order valence-electron chi connectivity index (χ3n) is 4.57. The number of rotatable bonds is 1. The third-order valence-corrected chi connectivity index (χ3v) is 4.57. The van der Waals surface area contributed by atoms with Gasteiger partial charge in [0.05, 0.1) is 0 Å². The smallest absolute Gasteiger partial charge is 0.0177 e. The van der Waals surface area contributed by atoms with Crippen LogP contribution in [0.25, 0.3) is 0 Å². The van der Waals surface area contributed by atoms with Crippen molar-refractivity contribution in [3.8, 4) is 0 Å². The van der Waals surface area contributed by atoms with Crippen LogP contribution in [0.1, 0.15) is 49.3 Å². The van der Waals surface area contributed by atoms with Crippen molar-refractivity contribution in [2.45, 2.75) is 38.0 Å². The van der Waals surface area contributed by atoms with Gasteiger partial charge in [-0.15, -0.1) is 0 Å². The van der Waals surface area contributed by atoms with E-state index in [2.05, 4.69) is 68.4 Å². The summed E-state index contributed by atoms with van der Waals surface area (Å²) in [6.07, 6.45) is 2.53. The molecule has 2 unspecified atom stereocenters. The molecule has 0 amide bonds. The minimum atomic E-state index is 0.185. The Labute approximate surface area is 110 Å². The lowest BCUT2D eigenvalue weighted by atomic mass is 9.65. The third kappa shape index (κ3) is 1.68. The Hall–Kier alpha value is -1.56. The highest BCUT2D eigenvalue weighted by Crippen LogP contribution is 2.46. The first-order valence-corrected chi connectivity index (χ1v) is 6.87. The average molecular weight is 236 g/mol. The van der Waals surface area contributed by atoms with Crippen LogP contribution >= 0.6 is 0 Å². The Kier molecular flexibility index (Phi) is 2.74. The van der Waals surface area contributed by atoms with Gasteiger partial charge in [-0.25, -0.2) is 0 Å². The van der Waals surface area contributed by atoms with Crippen LogP contribution in [0.3, 0.4) is 0 Å². The van der Waals surface area contributed by atoms with Crippen molar-refractivity contribution in [1.29, 1.82) is 0 Å². The van der Waals surface area contributed by atoms with Gasteiger partial charge in [0.25, 0.3) is 0 Å². The molecule has 0 radical (unpaired) electrons. The van der Waals surface area contributed by atoms with Crippen LogP contribution in [-0.2, 0) is 5.41 Å². The van der Waals surface area contributed by atoms with Crippen molar-refractivity contribution >= 4 is 0 Å². The van der Waals surface area contributed by atoms with Gasteiger partial charge in [-0.1, -0.05) is 68.4 Å². The highest BCUT2D eigenvalue weighted by atomic mass is 14.4. The fourth-order valence-electron chi connectivity index (χ4n) is 3.33. The lowest BCUT2D eigenvalue weighted by Gasteiger charge is -2.39. The van der Waals surface area contributed by atoms with E-state index in [0.29, 0.717) is 5.92 Å². The molecular weight excluding hydrogens is 216 g/mol. The van der Waals surface area contributed by atoms with E-state index in [-0.39, 0.29) is 5.41 Å². The van der Waals surface area contributed by atoms with E-state index in [0.717, 1.165) is 0 Å². The molecule has 0 saturated heterocycles. The van der Waals surface area contributed by atoms with Crippen LogP contribution in [0.15, 0.2) is 54.6 Å². The maximum atomic E-state index is 2.40. The van der Waals surface area contributed by atoms with E-state index in [4.69, 9.17) is 0 Å². The van der Waals surface area contributed by atoms with E-state index in [1.165, 1.54) is 29.5 Å². The molecule has 2 atom stereocenters. The Morgan fingerprint density at radius 3 is 2.39 bits per heavy atom. The second-order valence-corrected chi connectivity index (χ2v) is 5.73. The van der Waals surface area contributed by atoms with Gasteiger partial charge in [-0.05, 0) is 35.4 Å². The van der Waals surface area contributed by atoms with E-state index in [9.17, 15) is 0 Å². The van der Waals surface area contributed by atoms with Crippen molar-refractivity contribution < 1.29 is 0 Å². The van der Waals surface area contributed by atoms with Crippen LogP contribution in [-0.4, -0.2) is 0 Å². The molecule has 1 aliphatic carbocycles. The second-order valence-electron chi connectivity index (χ2n) is 5.73. The van der Waals surface area contributed by atoms with Gasteiger partial charge in [0.15, 0.2) is 0 Å². The Bertz CT molecular complexity index is 541. The zero-order valence-electron chi connectivity index (χ0n) is 11.2. The molecular formula is C18H20. The lowest BCUT2D eigenvalue weighted by Crippen LogP contribution is -2.29. The maximum Gasteiger partial charge on any atom is 0.0177 e. The zero-order valence-corrected chi connectivity index (χ0v) is 11.2. The molecule has 0 heteroatoms. The summed E-state index contributed by atoms with van der Waals surface area (Å²) >= 11 is 0. The SMILES string of the molecule is CC1CCC(C)(c2ccccc2)c2ccccc21. The molecule has 18 heavy (non-hydrogen) atoms. The summed E-state index contributed by atoms with van der Waals surface area (Å²) in [6, 6.07) is 19.9. The number of hydrogen-bond acceptors (Lipinski definition) is 0. The van der Waals surface area contributed by atoms with Crippen molar-refractivity contribution in [3.63, 3.8) is 0 Å². The second kappa shape index (κ2) is 4.28. The van der Waals surface area contributed by atoms with Gasteiger partial charge >= 0.3 is 0 Å². The van der Waals surface area contributed by atoms with Gasteiger partial charge in [0.1, 0.15) is 0 Å². The molecule has 0 bridgehead atoms. The molecule has 0 aliphatic heterocycles. The van der Waals surface area contributed by atoms with Crippen molar-refractivity contribution in [2.75, 3.05) is 0 Å². The minimum absolute atomic E-state index is 0.185.